The molecule has 0 radical (unpaired) electrons. The third kappa shape index (κ3) is 4.41. The lowest BCUT2D eigenvalue weighted by molar-refractivity contribution is -0.144. The Kier molecular flexibility index (Phi) is 4.49. The van der Waals surface area contributed by atoms with Crippen molar-refractivity contribution in [2.75, 3.05) is 5.33 Å². The topological polar surface area (TPSA) is 26.3 Å². The number of carbonyl (C=O) groups excluding carboxylic acids is 1. The van der Waals surface area contributed by atoms with E-state index < -0.39 is 35.2 Å². The van der Waals surface area contributed by atoms with Crippen molar-refractivity contribution >= 4 is 21.9 Å². The number of alkyl halides is 7. The lowest BCUT2D eigenvalue weighted by Gasteiger charge is -2.13. The Balaban J connectivity index is 3.29. The molecule has 19 heavy (non-hydrogen) atoms. The summed E-state index contributed by atoms with van der Waals surface area (Å²) in [4.78, 5) is 10.9. The molecular weight excluding hydrogens is 346 g/mol. The van der Waals surface area contributed by atoms with Gasteiger partial charge in [0, 0.05) is 0 Å². The molecule has 0 bridgehead atoms. The Hall–Kier alpha value is -1.25. The summed E-state index contributed by atoms with van der Waals surface area (Å²) >= 11 is 2.67. The zero-order valence-electron chi connectivity index (χ0n) is 8.90. The molecular formula is C10H5BrF6O2. The predicted molar refractivity (Wildman–Crippen MR) is 55.9 cm³/mol. The van der Waals surface area contributed by atoms with Crippen LogP contribution < -0.4 is 4.74 Å². The molecule has 9 heteroatoms. The molecule has 0 amide bonds. The van der Waals surface area contributed by atoms with Gasteiger partial charge in [-0.05, 0) is 18.2 Å². The molecule has 0 spiro atoms. The molecule has 1 aromatic rings. The molecule has 0 aliphatic heterocycles. The van der Waals surface area contributed by atoms with Crippen LogP contribution >= 0.6 is 15.9 Å². The van der Waals surface area contributed by atoms with Crippen molar-refractivity contribution in [3.63, 3.8) is 0 Å². The summed E-state index contributed by atoms with van der Waals surface area (Å²) in [7, 11) is 0. The van der Waals surface area contributed by atoms with Gasteiger partial charge in [-0.25, -0.2) is 0 Å². The number of benzene rings is 1. The normalized spacial score (nSPS) is 12.4. The van der Waals surface area contributed by atoms with Crippen LogP contribution in [0.3, 0.4) is 0 Å². The fraction of sp³-hybridized carbons (Fsp3) is 0.300. The lowest BCUT2D eigenvalue weighted by atomic mass is 10.1. The van der Waals surface area contributed by atoms with Gasteiger partial charge in [0.15, 0.2) is 0 Å². The Labute approximate surface area is 111 Å². The first-order chi connectivity index (χ1) is 8.54. The molecule has 0 aromatic heterocycles. The smallest absolute Gasteiger partial charge is 0.416 e. The highest BCUT2D eigenvalue weighted by Crippen LogP contribution is 2.38. The fourth-order valence-corrected chi connectivity index (χ4v) is 1.26. The van der Waals surface area contributed by atoms with E-state index in [1.807, 2.05) is 0 Å². The van der Waals surface area contributed by atoms with Gasteiger partial charge in [0.2, 0.25) is 0 Å². The van der Waals surface area contributed by atoms with Crippen LogP contribution in [0.25, 0.3) is 0 Å². The van der Waals surface area contributed by atoms with Crippen LogP contribution in [0.15, 0.2) is 18.2 Å². The van der Waals surface area contributed by atoms with E-state index in [9.17, 15) is 31.1 Å². The lowest BCUT2D eigenvalue weighted by Crippen LogP contribution is -2.14. The van der Waals surface area contributed by atoms with Gasteiger partial charge in [0.05, 0.1) is 11.1 Å². The van der Waals surface area contributed by atoms with Gasteiger partial charge in [-0.15, -0.1) is 0 Å². The first-order valence-corrected chi connectivity index (χ1v) is 5.72. The number of ether oxygens (including phenoxy) is 1. The van der Waals surface area contributed by atoms with E-state index >= 15 is 0 Å². The van der Waals surface area contributed by atoms with E-state index in [4.69, 9.17) is 0 Å². The van der Waals surface area contributed by atoms with Gasteiger partial charge in [-0.3, -0.25) is 4.79 Å². The number of hydrogen-bond donors (Lipinski definition) is 0. The standard InChI is InChI=1S/C10H5BrF6O2/c11-4-8(18)19-7-2-5(9(12,13)14)1-6(3-7)10(15,16)17/h1-3H,4H2. The molecule has 1 rings (SSSR count). The average molecular weight is 351 g/mol. The van der Waals surface area contributed by atoms with E-state index in [1.54, 1.807) is 0 Å². The van der Waals surface area contributed by atoms with E-state index in [0.29, 0.717) is 12.1 Å². The molecule has 1 aromatic carbocycles. The SMILES string of the molecule is O=C(CBr)Oc1cc(C(F)(F)F)cc(C(F)(F)F)c1. The summed E-state index contributed by atoms with van der Waals surface area (Å²) in [5.41, 5.74) is -3.08. The maximum absolute atomic E-state index is 12.4. The highest BCUT2D eigenvalue weighted by atomic mass is 79.9. The van der Waals surface area contributed by atoms with Crippen LogP contribution in [-0.2, 0) is 17.1 Å². The van der Waals surface area contributed by atoms with Crippen molar-refractivity contribution in [3.8, 4) is 5.75 Å². The molecule has 0 fully saturated rings. The van der Waals surface area contributed by atoms with Crippen LogP contribution in [-0.4, -0.2) is 11.3 Å². The largest absolute Gasteiger partial charge is 0.426 e. The van der Waals surface area contributed by atoms with Crippen LogP contribution in [0.2, 0.25) is 0 Å². The molecule has 0 atom stereocenters. The van der Waals surface area contributed by atoms with Crippen molar-refractivity contribution in [2.45, 2.75) is 12.4 Å². The minimum Gasteiger partial charge on any atom is -0.426 e. The number of rotatable bonds is 2. The first kappa shape index (κ1) is 15.8. The van der Waals surface area contributed by atoms with Gasteiger partial charge in [0.1, 0.15) is 11.1 Å². The predicted octanol–water partition coefficient (Wildman–Crippen LogP) is 4.02. The molecule has 0 aliphatic carbocycles. The van der Waals surface area contributed by atoms with E-state index in [-0.39, 0.29) is 11.4 Å². The van der Waals surface area contributed by atoms with E-state index in [2.05, 4.69) is 20.7 Å². The monoisotopic (exact) mass is 350 g/mol. The summed E-state index contributed by atoms with van der Waals surface area (Å²) in [6.07, 6.45) is -9.95. The Morgan fingerprint density at radius 1 is 1.00 bits per heavy atom. The molecule has 2 nitrogen and oxygen atoms in total. The van der Waals surface area contributed by atoms with E-state index in [1.165, 1.54) is 0 Å². The van der Waals surface area contributed by atoms with Gasteiger partial charge >= 0.3 is 18.3 Å². The Morgan fingerprint density at radius 2 is 1.42 bits per heavy atom. The third-order valence-corrected chi connectivity index (χ3v) is 2.36. The van der Waals surface area contributed by atoms with Crippen molar-refractivity contribution in [1.29, 1.82) is 0 Å². The highest BCUT2D eigenvalue weighted by Gasteiger charge is 2.37. The third-order valence-electron chi connectivity index (χ3n) is 1.90. The number of carbonyl (C=O) groups is 1. The second-order valence-electron chi connectivity index (χ2n) is 3.35. The summed E-state index contributed by atoms with van der Waals surface area (Å²) in [6, 6.07) is 0.608. The van der Waals surface area contributed by atoms with Crippen molar-refractivity contribution < 1.29 is 35.9 Å². The minimum atomic E-state index is -4.98. The van der Waals surface area contributed by atoms with Crippen LogP contribution in [0, 0.1) is 0 Å². The second-order valence-corrected chi connectivity index (χ2v) is 3.91. The number of esters is 1. The molecule has 0 heterocycles. The summed E-state index contributed by atoms with van der Waals surface area (Å²) in [5, 5.41) is -0.357. The maximum Gasteiger partial charge on any atom is 0.416 e. The van der Waals surface area contributed by atoms with Gasteiger partial charge in [-0.1, -0.05) is 15.9 Å². The van der Waals surface area contributed by atoms with Crippen molar-refractivity contribution in [3.05, 3.63) is 29.3 Å². The zero-order chi connectivity index (χ0) is 14.8. The molecule has 0 unspecified atom stereocenters. The van der Waals surface area contributed by atoms with Gasteiger partial charge < -0.3 is 4.74 Å². The van der Waals surface area contributed by atoms with Crippen LogP contribution in [0.5, 0.6) is 5.75 Å². The highest BCUT2D eigenvalue weighted by molar-refractivity contribution is 9.09. The Morgan fingerprint density at radius 3 is 1.74 bits per heavy atom. The van der Waals surface area contributed by atoms with Gasteiger partial charge in [0.25, 0.3) is 0 Å². The van der Waals surface area contributed by atoms with Gasteiger partial charge in [-0.2, -0.15) is 26.3 Å². The Bertz CT molecular complexity index is 448. The van der Waals surface area contributed by atoms with Crippen LogP contribution in [0.4, 0.5) is 26.3 Å². The molecule has 0 aliphatic rings. The fourth-order valence-electron chi connectivity index (χ4n) is 1.14. The second kappa shape index (κ2) is 5.40. The van der Waals surface area contributed by atoms with Crippen molar-refractivity contribution in [1.82, 2.24) is 0 Å². The molecule has 0 N–H and O–H groups in total. The average Bonchev–Trinajstić information content (AvgIpc) is 2.26. The first-order valence-electron chi connectivity index (χ1n) is 4.60. The summed E-state index contributed by atoms with van der Waals surface area (Å²) in [6.45, 7) is 0. The molecule has 106 valence electrons. The number of halogens is 7. The maximum atomic E-state index is 12.4. The quantitative estimate of drug-likeness (QED) is 0.348. The molecule has 0 saturated heterocycles. The van der Waals surface area contributed by atoms with E-state index in [0.717, 1.165) is 0 Å². The summed E-state index contributed by atoms with van der Waals surface area (Å²) in [5.74, 6) is -1.82. The number of hydrogen-bond acceptors (Lipinski definition) is 2. The molecule has 0 saturated carbocycles. The zero-order valence-corrected chi connectivity index (χ0v) is 10.5. The van der Waals surface area contributed by atoms with Crippen molar-refractivity contribution in [2.24, 2.45) is 0 Å². The summed E-state index contributed by atoms with van der Waals surface area (Å²) < 4.78 is 79.0. The van der Waals surface area contributed by atoms with Crippen LogP contribution in [0.1, 0.15) is 11.1 Å². The minimum absolute atomic E-state index is 0.0501.